The molecule has 1 amide bonds. The molecule has 6 nitrogen and oxygen atoms in total. The number of carboxylic acids is 1. The molecule has 2 aromatic rings. The molecule has 3 rings (SSSR count). The van der Waals surface area contributed by atoms with Crippen molar-refractivity contribution in [1.82, 2.24) is 9.88 Å². The summed E-state index contributed by atoms with van der Waals surface area (Å²) in [5.74, 6) is -0.871. The summed E-state index contributed by atoms with van der Waals surface area (Å²) in [5.41, 5.74) is 6.76. The van der Waals surface area contributed by atoms with E-state index in [2.05, 4.69) is 4.98 Å². The molecule has 1 aliphatic heterocycles. The summed E-state index contributed by atoms with van der Waals surface area (Å²) in [6.07, 6.45) is 4.12. The summed E-state index contributed by atoms with van der Waals surface area (Å²) in [6, 6.07) is 3.11. The number of aryl methyl sites for hydroxylation is 1. The molecule has 1 aliphatic rings. The number of rotatable bonds is 6. The molecule has 1 fully saturated rings. The monoisotopic (exact) mass is 427 g/mol. The molecule has 0 spiro atoms. The molecule has 0 aliphatic carbocycles. The van der Waals surface area contributed by atoms with Crippen molar-refractivity contribution >= 4 is 52.1 Å². The lowest BCUT2D eigenvalue weighted by molar-refractivity contribution is -0.137. The minimum atomic E-state index is -0.832. The summed E-state index contributed by atoms with van der Waals surface area (Å²) in [7, 11) is 0. The number of nitrogen functional groups attached to an aromatic ring is 1. The van der Waals surface area contributed by atoms with Crippen molar-refractivity contribution < 1.29 is 14.7 Å². The number of carboxylic acid groups (broad SMARTS) is 1. The fourth-order valence-corrected chi connectivity index (χ4v) is 4.64. The first-order chi connectivity index (χ1) is 12.8. The van der Waals surface area contributed by atoms with Crippen LogP contribution in [-0.4, -0.2) is 33.4 Å². The molecule has 1 saturated heterocycles. The SMILES string of the molecule is Nc1cc(Cl)c(CC(=O)N2CCC[C@H]2c2ncc(CCC(=O)O)s2)cc1Cl. The van der Waals surface area contributed by atoms with Gasteiger partial charge < -0.3 is 15.7 Å². The number of halogens is 2. The summed E-state index contributed by atoms with van der Waals surface area (Å²) in [4.78, 5) is 30.8. The molecule has 0 unspecified atom stereocenters. The van der Waals surface area contributed by atoms with Gasteiger partial charge in [0, 0.05) is 22.6 Å². The number of benzene rings is 1. The van der Waals surface area contributed by atoms with Crippen LogP contribution in [0.4, 0.5) is 5.69 Å². The van der Waals surface area contributed by atoms with Crippen molar-refractivity contribution in [3.05, 3.63) is 43.8 Å². The largest absolute Gasteiger partial charge is 0.481 e. The van der Waals surface area contributed by atoms with E-state index in [1.807, 2.05) is 4.90 Å². The third-order valence-electron chi connectivity index (χ3n) is 4.52. The number of anilines is 1. The molecule has 0 radical (unpaired) electrons. The molecule has 1 aromatic heterocycles. The van der Waals surface area contributed by atoms with E-state index in [4.69, 9.17) is 34.0 Å². The topological polar surface area (TPSA) is 96.5 Å². The van der Waals surface area contributed by atoms with Crippen LogP contribution in [0.3, 0.4) is 0 Å². The van der Waals surface area contributed by atoms with Gasteiger partial charge in [-0.2, -0.15) is 0 Å². The lowest BCUT2D eigenvalue weighted by Gasteiger charge is -2.23. The minimum Gasteiger partial charge on any atom is -0.481 e. The van der Waals surface area contributed by atoms with Crippen LogP contribution in [0.15, 0.2) is 18.3 Å². The van der Waals surface area contributed by atoms with Crippen molar-refractivity contribution in [2.75, 3.05) is 12.3 Å². The Morgan fingerprint density at radius 3 is 2.85 bits per heavy atom. The van der Waals surface area contributed by atoms with Crippen LogP contribution < -0.4 is 5.73 Å². The Balaban J connectivity index is 1.71. The highest BCUT2D eigenvalue weighted by molar-refractivity contribution is 7.11. The van der Waals surface area contributed by atoms with Crippen LogP contribution in [0.25, 0.3) is 0 Å². The lowest BCUT2D eigenvalue weighted by Crippen LogP contribution is -2.31. The van der Waals surface area contributed by atoms with E-state index >= 15 is 0 Å². The van der Waals surface area contributed by atoms with Crippen molar-refractivity contribution in [1.29, 1.82) is 0 Å². The third kappa shape index (κ3) is 4.72. The van der Waals surface area contributed by atoms with E-state index in [1.165, 1.54) is 11.3 Å². The van der Waals surface area contributed by atoms with Gasteiger partial charge in [-0.25, -0.2) is 4.98 Å². The third-order valence-corrected chi connectivity index (χ3v) is 6.36. The van der Waals surface area contributed by atoms with E-state index in [-0.39, 0.29) is 24.8 Å². The van der Waals surface area contributed by atoms with Crippen molar-refractivity contribution in [2.45, 2.75) is 38.1 Å². The molecule has 1 atom stereocenters. The average molecular weight is 428 g/mol. The Hall–Kier alpha value is -1.83. The van der Waals surface area contributed by atoms with Gasteiger partial charge >= 0.3 is 5.97 Å². The maximum atomic E-state index is 12.9. The predicted octanol–water partition coefficient (Wildman–Crippen LogP) is 3.96. The van der Waals surface area contributed by atoms with Crippen LogP contribution >= 0.6 is 34.5 Å². The zero-order valence-corrected chi connectivity index (χ0v) is 16.8. The predicted molar refractivity (Wildman–Crippen MR) is 106 cm³/mol. The van der Waals surface area contributed by atoms with Gasteiger partial charge in [-0.15, -0.1) is 11.3 Å². The first-order valence-corrected chi connectivity index (χ1v) is 10.1. The molecule has 2 heterocycles. The molecule has 9 heteroatoms. The summed E-state index contributed by atoms with van der Waals surface area (Å²) >= 11 is 13.7. The van der Waals surface area contributed by atoms with Gasteiger partial charge in [0.15, 0.2) is 0 Å². The second-order valence-corrected chi connectivity index (χ2v) is 8.41. The highest BCUT2D eigenvalue weighted by Gasteiger charge is 2.32. The Labute approximate surface area is 170 Å². The Morgan fingerprint density at radius 1 is 1.33 bits per heavy atom. The highest BCUT2D eigenvalue weighted by atomic mass is 35.5. The van der Waals surface area contributed by atoms with Gasteiger partial charge in [-0.3, -0.25) is 9.59 Å². The van der Waals surface area contributed by atoms with Crippen LogP contribution in [-0.2, 0) is 22.4 Å². The molecule has 144 valence electrons. The number of hydrogen-bond acceptors (Lipinski definition) is 5. The first-order valence-electron chi connectivity index (χ1n) is 8.54. The number of carbonyl (C=O) groups is 2. The molecular weight excluding hydrogens is 409 g/mol. The molecule has 3 N–H and O–H groups in total. The Morgan fingerprint density at radius 2 is 2.11 bits per heavy atom. The second kappa shape index (κ2) is 8.46. The average Bonchev–Trinajstić information content (AvgIpc) is 3.26. The van der Waals surface area contributed by atoms with Gasteiger partial charge in [-0.1, -0.05) is 23.2 Å². The molecular formula is C18H19Cl2N3O3S. The van der Waals surface area contributed by atoms with Crippen molar-refractivity contribution in [3.8, 4) is 0 Å². The van der Waals surface area contributed by atoms with Gasteiger partial charge in [0.25, 0.3) is 0 Å². The number of carbonyl (C=O) groups excluding carboxylic acids is 1. The van der Waals surface area contributed by atoms with Crippen LogP contribution in [0.2, 0.25) is 10.0 Å². The molecule has 0 saturated carbocycles. The Bertz CT molecular complexity index is 872. The summed E-state index contributed by atoms with van der Waals surface area (Å²) < 4.78 is 0. The zero-order chi connectivity index (χ0) is 19.6. The number of aromatic nitrogens is 1. The van der Waals surface area contributed by atoms with E-state index in [9.17, 15) is 9.59 Å². The number of aliphatic carboxylic acids is 1. The maximum absolute atomic E-state index is 12.9. The number of likely N-dealkylation sites (tertiary alicyclic amines) is 1. The first kappa shape index (κ1) is 19.9. The number of hydrogen-bond donors (Lipinski definition) is 2. The molecule has 1 aromatic carbocycles. The normalized spacial score (nSPS) is 16.7. The smallest absolute Gasteiger partial charge is 0.303 e. The quantitative estimate of drug-likeness (QED) is 0.679. The van der Waals surface area contributed by atoms with Crippen LogP contribution in [0.1, 0.15) is 40.8 Å². The number of amides is 1. The number of nitrogens with two attached hydrogens (primary N) is 1. The lowest BCUT2D eigenvalue weighted by atomic mass is 10.1. The fraction of sp³-hybridized carbons (Fsp3) is 0.389. The minimum absolute atomic E-state index is 0.0393. The van der Waals surface area contributed by atoms with Gasteiger partial charge in [0.2, 0.25) is 5.91 Å². The highest BCUT2D eigenvalue weighted by Crippen LogP contribution is 2.36. The number of thiazole rings is 1. The van der Waals surface area contributed by atoms with Crippen LogP contribution in [0, 0.1) is 0 Å². The van der Waals surface area contributed by atoms with E-state index in [0.29, 0.717) is 34.3 Å². The van der Waals surface area contributed by atoms with Crippen LogP contribution in [0.5, 0.6) is 0 Å². The fourth-order valence-electron chi connectivity index (χ4n) is 3.15. The maximum Gasteiger partial charge on any atom is 0.303 e. The summed E-state index contributed by atoms with van der Waals surface area (Å²) in [6.45, 7) is 0.661. The van der Waals surface area contributed by atoms with E-state index < -0.39 is 5.97 Å². The second-order valence-electron chi connectivity index (χ2n) is 6.45. The Kier molecular flexibility index (Phi) is 6.24. The van der Waals surface area contributed by atoms with E-state index in [0.717, 1.165) is 22.7 Å². The summed E-state index contributed by atoms with van der Waals surface area (Å²) in [5, 5.41) is 10.5. The van der Waals surface area contributed by atoms with Crippen molar-refractivity contribution in [3.63, 3.8) is 0 Å². The zero-order valence-electron chi connectivity index (χ0n) is 14.5. The molecule has 0 bridgehead atoms. The number of nitrogens with zero attached hydrogens (tertiary/aromatic N) is 2. The van der Waals surface area contributed by atoms with Gasteiger partial charge in [0.1, 0.15) is 5.01 Å². The van der Waals surface area contributed by atoms with E-state index in [1.54, 1.807) is 18.3 Å². The van der Waals surface area contributed by atoms with Gasteiger partial charge in [-0.05, 0) is 37.0 Å². The van der Waals surface area contributed by atoms with Gasteiger partial charge in [0.05, 0.1) is 29.6 Å². The van der Waals surface area contributed by atoms with Crippen molar-refractivity contribution in [2.24, 2.45) is 0 Å². The molecule has 27 heavy (non-hydrogen) atoms. The standard InChI is InChI=1S/C18H19Cl2N3O3S/c19-12-8-14(21)13(20)6-10(12)7-16(24)23-5-1-2-15(23)18-22-9-11(27-18)3-4-17(25)26/h6,8-9,15H,1-5,7,21H2,(H,25,26)/t15-/m0/s1.